The number of nitrogens with zero attached hydrogens (tertiary/aromatic N) is 2. The molecule has 0 saturated heterocycles. The third kappa shape index (κ3) is 2.91. The minimum atomic E-state index is -0.722. The molecule has 0 spiro atoms. The van der Waals surface area contributed by atoms with E-state index in [-0.39, 0.29) is 11.8 Å². The molecule has 0 saturated carbocycles. The monoisotopic (exact) mass is 427 g/mol. The number of nitrogens with one attached hydrogen (secondary N) is 2. The van der Waals surface area contributed by atoms with Crippen LogP contribution in [0.2, 0.25) is 5.02 Å². The van der Waals surface area contributed by atoms with E-state index < -0.39 is 17.7 Å². The molecule has 152 valence electrons. The lowest BCUT2D eigenvalue weighted by molar-refractivity contribution is 0.243. The molecule has 4 N–H and O–H groups in total. The van der Waals surface area contributed by atoms with Crippen LogP contribution in [0.1, 0.15) is 22.7 Å². The van der Waals surface area contributed by atoms with Gasteiger partial charge < -0.3 is 16.4 Å². The van der Waals surface area contributed by atoms with Crippen LogP contribution in [0.25, 0.3) is 0 Å². The Hall–Kier alpha value is -3.39. The second kappa shape index (κ2) is 6.84. The number of hydrogen-bond acceptors (Lipinski definition) is 4. The fourth-order valence-corrected chi connectivity index (χ4v) is 4.33. The number of benzene rings is 2. The summed E-state index contributed by atoms with van der Waals surface area (Å²) in [5, 5.41) is 6.31. The first-order valence-electron chi connectivity index (χ1n) is 9.29. The number of aromatic nitrogens is 1. The number of amides is 2. The number of halogens is 3. The Bertz CT molecular complexity index is 1200. The van der Waals surface area contributed by atoms with Gasteiger partial charge in [0.2, 0.25) is 0 Å². The van der Waals surface area contributed by atoms with Gasteiger partial charge in [0.1, 0.15) is 17.5 Å². The number of anilines is 4. The highest BCUT2D eigenvalue weighted by Crippen LogP contribution is 2.48. The molecule has 2 aromatic carbocycles. The summed E-state index contributed by atoms with van der Waals surface area (Å²) >= 11 is 6.36. The van der Waals surface area contributed by atoms with Gasteiger partial charge in [0.05, 0.1) is 11.7 Å². The normalized spacial score (nSPS) is 17.0. The van der Waals surface area contributed by atoms with E-state index in [2.05, 4.69) is 15.6 Å². The molecule has 30 heavy (non-hydrogen) atoms. The van der Waals surface area contributed by atoms with Crippen LogP contribution in [0.4, 0.5) is 36.5 Å². The molecule has 1 atom stereocenters. The Balaban J connectivity index is 1.74. The maximum absolute atomic E-state index is 14.0. The summed E-state index contributed by atoms with van der Waals surface area (Å²) in [6.45, 7) is 0.476. The number of rotatable bonds is 3. The van der Waals surface area contributed by atoms with Crippen molar-refractivity contribution in [2.75, 3.05) is 22.5 Å². The first-order chi connectivity index (χ1) is 14.4. The molecule has 0 radical (unpaired) electrons. The third-order valence-electron chi connectivity index (χ3n) is 5.39. The Morgan fingerprint density at radius 2 is 2.00 bits per heavy atom. The number of nitrogens with two attached hydrogens (primary N) is 1. The second-order valence-electron chi connectivity index (χ2n) is 7.19. The summed E-state index contributed by atoms with van der Waals surface area (Å²) in [6, 6.07) is 7.18. The van der Waals surface area contributed by atoms with E-state index in [0.29, 0.717) is 46.2 Å². The van der Waals surface area contributed by atoms with Gasteiger partial charge in [-0.15, -0.1) is 0 Å². The number of hydrogen-bond donors (Lipinski definition) is 3. The molecule has 9 heteroatoms. The molecule has 2 aliphatic heterocycles. The van der Waals surface area contributed by atoms with Gasteiger partial charge in [-0.1, -0.05) is 11.6 Å². The Labute approximate surface area is 175 Å². The van der Waals surface area contributed by atoms with E-state index in [0.717, 1.165) is 5.56 Å². The number of pyridine rings is 1. The van der Waals surface area contributed by atoms with Gasteiger partial charge in [0.25, 0.3) is 0 Å². The summed E-state index contributed by atoms with van der Waals surface area (Å²) in [5.41, 5.74) is 9.91. The SMILES string of the molecule is Nc1cc(Nc2cc(F)ccn2)c2c3c1CCN3C(=O)NC2c1cc(F)ccc1Cl. The summed E-state index contributed by atoms with van der Waals surface area (Å²) in [4.78, 5) is 18.5. The van der Waals surface area contributed by atoms with Crippen LogP contribution in [-0.4, -0.2) is 17.6 Å². The first-order valence-corrected chi connectivity index (χ1v) is 9.67. The fourth-order valence-electron chi connectivity index (χ4n) is 4.11. The topological polar surface area (TPSA) is 83.3 Å². The van der Waals surface area contributed by atoms with E-state index in [1.54, 1.807) is 11.0 Å². The van der Waals surface area contributed by atoms with Gasteiger partial charge in [-0.2, -0.15) is 0 Å². The van der Waals surface area contributed by atoms with Crippen LogP contribution in [0, 0.1) is 11.6 Å². The lowest BCUT2D eigenvalue weighted by atomic mass is 9.91. The molecule has 3 aromatic rings. The zero-order chi connectivity index (χ0) is 21.0. The van der Waals surface area contributed by atoms with Gasteiger partial charge in [-0.25, -0.2) is 18.6 Å². The van der Waals surface area contributed by atoms with Crippen molar-refractivity contribution in [3.63, 3.8) is 0 Å². The maximum Gasteiger partial charge on any atom is 0.322 e. The van der Waals surface area contributed by atoms with Crippen LogP contribution >= 0.6 is 11.6 Å². The van der Waals surface area contributed by atoms with Crippen molar-refractivity contribution in [1.29, 1.82) is 0 Å². The van der Waals surface area contributed by atoms with Gasteiger partial charge in [0, 0.05) is 51.9 Å². The van der Waals surface area contributed by atoms with Crippen molar-refractivity contribution in [3.8, 4) is 0 Å². The van der Waals surface area contributed by atoms with Gasteiger partial charge >= 0.3 is 6.03 Å². The third-order valence-corrected chi connectivity index (χ3v) is 5.73. The molecule has 0 fully saturated rings. The van der Waals surface area contributed by atoms with Crippen molar-refractivity contribution >= 4 is 40.5 Å². The lowest BCUT2D eigenvalue weighted by Crippen LogP contribution is -2.46. The Kier molecular flexibility index (Phi) is 4.25. The highest BCUT2D eigenvalue weighted by molar-refractivity contribution is 6.31. The molecular formula is C21H16ClF2N5O. The number of carbonyl (C=O) groups is 1. The minimum absolute atomic E-state index is 0.274. The standard InChI is InChI=1S/C21H16ClF2N5O/c22-14-2-1-10(23)7-13(14)19-18-16(27-17-8-11(24)3-5-26-17)9-15(25)12-4-6-29(20(12)18)21(30)28-19/h1-3,5,7-9,19H,4,6,25H2,(H,26,27)(H,28,30). The van der Waals surface area contributed by atoms with E-state index in [4.69, 9.17) is 17.3 Å². The van der Waals surface area contributed by atoms with Gasteiger partial charge in [-0.3, -0.25) is 4.90 Å². The smallest absolute Gasteiger partial charge is 0.322 e. The van der Waals surface area contributed by atoms with Gasteiger partial charge in [-0.05, 0) is 36.8 Å². The van der Waals surface area contributed by atoms with Crippen LogP contribution in [0.3, 0.4) is 0 Å². The molecule has 0 aliphatic carbocycles. The highest BCUT2D eigenvalue weighted by atomic mass is 35.5. The summed E-state index contributed by atoms with van der Waals surface area (Å²) in [5.74, 6) is -0.648. The first kappa shape index (κ1) is 18.6. The second-order valence-corrected chi connectivity index (χ2v) is 7.60. The average Bonchev–Trinajstić information content (AvgIpc) is 3.15. The van der Waals surface area contributed by atoms with Crippen LogP contribution in [0.15, 0.2) is 42.6 Å². The molecule has 3 heterocycles. The fraction of sp³-hybridized carbons (Fsp3) is 0.143. The molecule has 0 bridgehead atoms. The van der Waals surface area contributed by atoms with Crippen LogP contribution < -0.4 is 21.3 Å². The molecule has 5 rings (SSSR count). The van der Waals surface area contributed by atoms with Crippen molar-refractivity contribution in [3.05, 3.63) is 75.9 Å². The predicted molar refractivity (Wildman–Crippen MR) is 111 cm³/mol. The summed E-state index contributed by atoms with van der Waals surface area (Å²) in [7, 11) is 0. The zero-order valence-corrected chi connectivity index (χ0v) is 16.3. The Morgan fingerprint density at radius 3 is 2.80 bits per heavy atom. The molecule has 2 amide bonds. The summed E-state index contributed by atoms with van der Waals surface area (Å²) < 4.78 is 27.7. The van der Waals surface area contributed by atoms with Crippen molar-refractivity contribution in [2.24, 2.45) is 0 Å². The minimum Gasteiger partial charge on any atom is -0.398 e. The largest absolute Gasteiger partial charge is 0.398 e. The highest BCUT2D eigenvalue weighted by Gasteiger charge is 2.40. The maximum atomic E-state index is 14.0. The molecule has 1 aromatic heterocycles. The van der Waals surface area contributed by atoms with Gasteiger partial charge in [0.15, 0.2) is 0 Å². The van der Waals surface area contributed by atoms with Crippen molar-refractivity contribution < 1.29 is 13.6 Å². The lowest BCUT2D eigenvalue weighted by Gasteiger charge is -2.35. The number of urea groups is 1. The molecule has 6 nitrogen and oxygen atoms in total. The predicted octanol–water partition coefficient (Wildman–Crippen LogP) is 4.51. The van der Waals surface area contributed by atoms with E-state index in [1.807, 2.05) is 0 Å². The molecule has 1 unspecified atom stereocenters. The number of nitrogen functional groups attached to an aromatic ring is 1. The zero-order valence-electron chi connectivity index (χ0n) is 15.5. The average molecular weight is 428 g/mol. The Morgan fingerprint density at radius 1 is 1.20 bits per heavy atom. The van der Waals surface area contributed by atoms with E-state index in [9.17, 15) is 13.6 Å². The van der Waals surface area contributed by atoms with Crippen molar-refractivity contribution in [2.45, 2.75) is 12.5 Å². The molecule has 2 aliphatic rings. The summed E-state index contributed by atoms with van der Waals surface area (Å²) in [6.07, 6.45) is 1.94. The quantitative estimate of drug-likeness (QED) is 0.537. The molecular weight excluding hydrogens is 412 g/mol. The van der Waals surface area contributed by atoms with Crippen molar-refractivity contribution in [1.82, 2.24) is 10.3 Å². The van der Waals surface area contributed by atoms with Crippen LogP contribution in [-0.2, 0) is 6.42 Å². The van der Waals surface area contributed by atoms with Crippen LogP contribution in [0.5, 0.6) is 0 Å². The van der Waals surface area contributed by atoms with E-state index in [1.165, 1.54) is 36.5 Å². The van der Waals surface area contributed by atoms with E-state index >= 15 is 0 Å². The number of carbonyl (C=O) groups excluding carboxylic acids is 1.